The van der Waals surface area contributed by atoms with Gasteiger partial charge in [0.15, 0.2) is 0 Å². The Bertz CT molecular complexity index is 794. The number of benzene rings is 1. The van der Waals surface area contributed by atoms with Crippen LogP contribution in [0.3, 0.4) is 0 Å². The summed E-state index contributed by atoms with van der Waals surface area (Å²) in [5.41, 5.74) is 7.05. The first-order valence-electron chi connectivity index (χ1n) is 12.6. The molecule has 3 unspecified atom stereocenters. The maximum Gasteiger partial charge on any atom is 0.315 e. The van der Waals surface area contributed by atoms with Crippen LogP contribution < -0.4 is 27.0 Å². The first kappa shape index (κ1) is 26.3. The van der Waals surface area contributed by atoms with Crippen molar-refractivity contribution in [2.45, 2.75) is 81.2 Å². The summed E-state index contributed by atoms with van der Waals surface area (Å²) in [6, 6.07) is 9.73. The van der Waals surface area contributed by atoms with Crippen LogP contribution in [0.1, 0.15) is 56.9 Å². The number of carbonyl (C=O) groups is 3. The molecule has 0 spiro atoms. The van der Waals surface area contributed by atoms with Crippen LogP contribution in [-0.4, -0.2) is 60.1 Å². The van der Waals surface area contributed by atoms with E-state index in [4.69, 9.17) is 5.73 Å². The smallest absolute Gasteiger partial charge is 0.315 e. The van der Waals surface area contributed by atoms with Crippen molar-refractivity contribution in [2.75, 3.05) is 18.8 Å². The molecule has 2 saturated heterocycles. The molecule has 2 heterocycles. The summed E-state index contributed by atoms with van der Waals surface area (Å²) in [6.07, 6.45) is 7.92. The van der Waals surface area contributed by atoms with E-state index in [9.17, 15) is 14.4 Å². The first-order valence-corrected chi connectivity index (χ1v) is 13.6. The molecule has 6 N–H and O–H groups in total. The highest BCUT2D eigenvalue weighted by atomic mass is 32.2. The van der Waals surface area contributed by atoms with E-state index >= 15 is 0 Å². The highest BCUT2D eigenvalue weighted by Gasteiger charge is 2.42. The van der Waals surface area contributed by atoms with E-state index in [-0.39, 0.29) is 29.9 Å². The molecule has 0 bridgehead atoms. The molecule has 0 radical (unpaired) electrons. The molecule has 4 amide bonds. The monoisotopic (exact) mass is 489 g/mol. The van der Waals surface area contributed by atoms with Gasteiger partial charge in [-0.3, -0.25) is 9.59 Å². The highest BCUT2D eigenvalue weighted by molar-refractivity contribution is 8.00. The summed E-state index contributed by atoms with van der Waals surface area (Å²) in [5.74, 6) is 0.988. The van der Waals surface area contributed by atoms with Gasteiger partial charge in [0.05, 0.1) is 18.1 Å². The van der Waals surface area contributed by atoms with Gasteiger partial charge in [0.2, 0.25) is 11.8 Å². The number of carbonyl (C=O) groups excluding carboxylic acids is 3. The topological polar surface area (TPSA) is 125 Å². The number of rotatable bonds is 15. The van der Waals surface area contributed by atoms with Crippen molar-refractivity contribution in [3.63, 3.8) is 0 Å². The van der Waals surface area contributed by atoms with Gasteiger partial charge in [-0.25, -0.2) is 4.79 Å². The third-order valence-electron chi connectivity index (χ3n) is 6.44. The number of urea groups is 1. The third kappa shape index (κ3) is 8.83. The number of nitrogens with two attached hydrogens (primary N) is 1. The molecule has 8 nitrogen and oxygen atoms in total. The van der Waals surface area contributed by atoms with Crippen LogP contribution in [0, 0.1) is 0 Å². The average Bonchev–Trinajstić information content (AvgIpc) is 3.38. The molecular weight excluding hydrogens is 450 g/mol. The second kappa shape index (κ2) is 14.2. The molecule has 0 aromatic heterocycles. The van der Waals surface area contributed by atoms with Crippen LogP contribution in [0.2, 0.25) is 0 Å². The number of thioether (sulfide) groups is 1. The van der Waals surface area contributed by atoms with E-state index in [1.165, 1.54) is 0 Å². The van der Waals surface area contributed by atoms with E-state index in [1.807, 2.05) is 42.1 Å². The average molecular weight is 490 g/mol. The first-order chi connectivity index (χ1) is 16.5. The minimum atomic E-state index is -0.521. The van der Waals surface area contributed by atoms with Gasteiger partial charge in [0, 0.05) is 30.5 Å². The second-order valence-corrected chi connectivity index (χ2v) is 10.5. The molecule has 3 rings (SSSR count). The predicted molar refractivity (Wildman–Crippen MR) is 137 cm³/mol. The number of hydrogen-bond donors (Lipinski definition) is 5. The second-order valence-electron chi connectivity index (χ2n) is 9.22. The summed E-state index contributed by atoms with van der Waals surface area (Å²) in [5, 5.41) is 12.3. The van der Waals surface area contributed by atoms with Crippen molar-refractivity contribution in [1.29, 1.82) is 0 Å². The zero-order valence-electron chi connectivity index (χ0n) is 19.9. The van der Waals surface area contributed by atoms with E-state index in [0.717, 1.165) is 56.3 Å². The maximum atomic E-state index is 12.1. The normalized spacial score (nSPS) is 21.9. The van der Waals surface area contributed by atoms with Crippen LogP contribution in [-0.2, 0) is 16.0 Å². The van der Waals surface area contributed by atoms with Crippen LogP contribution in [0.4, 0.5) is 4.79 Å². The standard InChI is InChI=1S/C25H39N5O3S/c26-19(16-18-10-4-3-5-11-18)24(32)28-15-9-2-1-8-14-27-22(31)13-7-6-12-21-23-20(17-34-21)29-25(33)30-23/h3-5,10-11,19-21,23H,1-2,6-9,12-17,26H2,(H,27,31)(H,28,32)(H2,29,30,33)/t19-,20?,21?,23?/m0/s1. The largest absolute Gasteiger partial charge is 0.356 e. The number of nitrogens with one attached hydrogen (secondary N) is 4. The van der Waals surface area contributed by atoms with Gasteiger partial charge in [-0.1, -0.05) is 49.6 Å². The van der Waals surface area contributed by atoms with Crippen molar-refractivity contribution in [1.82, 2.24) is 21.3 Å². The number of amides is 4. The van der Waals surface area contributed by atoms with Gasteiger partial charge in [0.1, 0.15) is 0 Å². The van der Waals surface area contributed by atoms with Crippen molar-refractivity contribution in [3.8, 4) is 0 Å². The quantitative estimate of drug-likeness (QED) is 0.191. The number of fused-ring (bicyclic) bond motifs is 1. The molecule has 34 heavy (non-hydrogen) atoms. The number of unbranched alkanes of at least 4 members (excludes halogenated alkanes) is 4. The van der Waals surface area contributed by atoms with Gasteiger partial charge >= 0.3 is 6.03 Å². The lowest BCUT2D eigenvalue weighted by atomic mass is 10.0. The summed E-state index contributed by atoms with van der Waals surface area (Å²) in [7, 11) is 0. The van der Waals surface area contributed by atoms with Crippen molar-refractivity contribution in [2.24, 2.45) is 5.73 Å². The van der Waals surface area contributed by atoms with Crippen LogP contribution >= 0.6 is 11.8 Å². The lowest BCUT2D eigenvalue weighted by Crippen LogP contribution is -2.42. The summed E-state index contributed by atoms with van der Waals surface area (Å²) in [4.78, 5) is 35.5. The Morgan fingerprint density at radius 3 is 2.50 bits per heavy atom. The molecule has 2 aliphatic rings. The maximum absolute atomic E-state index is 12.1. The molecule has 1 aromatic carbocycles. The van der Waals surface area contributed by atoms with Crippen molar-refractivity contribution in [3.05, 3.63) is 35.9 Å². The Hall–Kier alpha value is -2.26. The van der Waals surface area contributed by atoms with Gasteiger partial charge in [-0.15, -0.1) is 0 Å². The minimum Gasteiger partial charge on any atom is -0.356 e. The van der Waals surface area contributed by atoms with Gasteiger partial charge < -0.3 is 27.0 Å². The van der Waals surface area contributed by atoms with Crippen LogP contribution in [0.15, 0.2) is 30.3 Å². The van der Waals surface area contributed by atoms with E-state index in [0.29, 0.717) is 31.2 Å². The third-order valence-corrected chi connectivity index (χ3v) is 7.95. The van der Waals surface area contributed by atoms with Gasteiger partial charge in [-0.05, 0) is 37.7 Å². The van der Waals surface area contributed by atoms with Crippen molar-refractivity contribution < 1.29 is 14.4 Å². The van der Waals surface area contributed by atoms with Crippen LogP contribution in [0.25, 0.3) is 0 Å². The molecule has 2 fully saturated rings. The Morgan fingerprint density at radius 1 is 1.00 bits per heavy atom. The molecular formula is C25H39N5O3S. The Kier molecular flexibility index (Phi) is 11.0. The fourth-order valence-electron chi connectivity index (χ4n) is 4.50. The molecule has 4 atom stereocenters. The Morgan fingerprint density at radius 2 is 1.74 bits per heavy atom. The SMILES string of the molecule is N[C@@H](Cc1ccccc1)C(=O)NCCCCCCNC(=O)CCCCC1SCC2NC(=O)NC21. The predicted octanol–water partition coefficient (Wildman–Crippen LogP) is 2.08. The molecule has 1 aromatic rings. The van der Waals surface area contributed by atoms with E-state index < -0.39 is 6.04 Å². The molecule has 0 aliphatic carbocycles. The van der Waals surface area contributed by atoms with E-state index in [2.05, 4.69) is 21.3 Å². The van der Waals surface area contributed by atoms with Gasteiger partial charge in [-0.2, -0.15) is 11.8 Å². The van der Waals surface area contributed by atoms with Crippen LogP contribution in [0.5, 0.6) is 0 Å². The Balaban J connectivity index is 1.11. The minimum absolute atomic E-state index is 0.0486. The fraction of sp³-hybridized carbons (Fsp3) is 0.640. The summed E-state index contributed by atoms with van der Waals surface area (Å²) >= 11 is 1.92. The molecule has 188 valence electrons. The molecule has 0 saturated carbocycles. The Labute approximate surface area is 207 Å². The van der Waals surface area contributed by atoms with Crippen molar-refractivity contribution >= 4 is 29.6 Å². The fourth-order valence-corrected chi connectivity index (χ4v) is 6.04. The summed E-state index contributed by atoms with van der Waals surface area (Å²) in [6.45, 7) is 1.33. The summed E-state index contributed by atoms with van der Waals surface area (Å²) < 4.78 is 0. The van der Waals surface area contributed by atoms with Gasteiger partial charge in [0.25, 0.3) is 0 Å². The highest BCUT2D eigenvalue weighted by Crippen LogP contribution is 2.33. The lowest BCUT2D eigenvalue weighted by Gasteiger charge is -2.16. The molecule has 2 aliphatic heterocycles. The zero-order chi connectivity index (χ0) is 24.2. The lowest BCUT2D eigenvalue weighted by molar-refractivity contribution is -0.122. The number of hydrogen-bond acceptors (Lipinski definition) is 5. The zero-order valence-corrected chi connectivity index (χ0v) is 20.7. The van der Waals surface area contributed by atoms with E-state index in [1.54, 1.807) is 0 Å². The molecule has 9 heteroatoms.